The molecule has 0 bridgehead atoms. The van der Waals surface area contributed by atoms with Crippen molar-refractivity contribution in [1.29, 1.82) is 0 Å². The largest absolute Gasteiger partial charge is 0.393 e. The monoisotopic (exact) mass is 244 g/mol. The van der Waals surface area contributed by atoms with Gasteiger partial charge in [0.25, 0.3) is 0 Å². The van der Waals surface area contributed by atoms with Crippen LogP contribution in [0.2, 0.25) is 0 Å². The summed E-state index contributed by atoms with van der Waals surface area (Å²) in [5.74, 6) is 0. The van der Waals surface area contributed by atoms with Gasteiger partial charge in [-0.25, -0.2) is 0 Å². The second-order valence-corrected chi connectivity index (χ2v) is 3.75. The molecule has 0 saturated carbocycles. The highest BCUT2D eigenvalue weighted by Gasteiger charge is 1.94. The highest BCUT2D eigenvalue weighted by Crippen LogP contribution is 2.04. The van der Waals surface area contributed by atoms with E-state index < -0.39 is 0 Å². The van der Waals surface area contributed by atoms with E-state index in [1.807, 2.05) is 13.0 Å². The minimum absolute atomic E-state index is 0.615. The van der Waals surface area contributed by atoms with E-state index in [1.54, 1.807) is 6.08 Å². The van der Waals surface area contributed by atoms with Crippen molar-refractivity contribution in [2.75, 3.05) is 6.54 Å². The van der Waals surface area contributed by atoms with E-state index >= 15 is 0 Å². The topological polar surface area (TPSA) is 38.0 Å². The molecule has 0 atom stereocenters. The first kappa shape index (κ1) is 12.3. The van der Waals surface area contributed by atoms with Gasteiger partial charge in [0.05, 0.1) is 4.61 Å². The van der Waals surface area contributed by atoms with E-state index in [4.69, 9.17) is 5.73 Å². The molecular formula is C10H17BrN2. The van der Waals surface area contributed by atoms with Crippen LogP contribution in [0.5, 0.6) is 0 Å². The van der Waals surface area contributed by atoms with Gasteiger partial charge in [-0.1, -0.05) is 13.5 Å². The molecule has 0 aliphatic heterocycles. The van der Waals surface area contributed by atoms with Crippen molar-refractivity contribution in [2.45, 2.75) is 20.3 Å². The molecule has 0 unspecified atom stereocenters. The highest BCUT2D eigenvalue weighted by molar-refractivity contribution is 9.11. The van der Waals surface area contributed by atoms with Crippen molar-refractivity contribution in [1.82, 2.24) is 5.32 Å². The van der Waals surface area contributed by atoms with Crippen LogP contribution in [-0.4, -0.2) is 6.54 Å². The van der Waals surface area contributed by atoms with Crippen LogP contribution in [0, 0.1) is 0 Å². The Morgan fingerprint density at radius 1 is 1.54 bits per heavy atom. The van der Waals surface area contributed by atoms with Gasteiger partial charge >= 0.3 is 0 Å². The lowest BCUT2D eigenvalue weighted by molar-refractivity contribution is 0.776. The molecule has 0 aromatic carbocycles. The average molecular weight is 245 g/mol. The summed E-state index contributed by atoms with van der Waals surface area (Å²) in [6, 6.07) is 0. The van der Waals surface area contributed by atoms with Crippen LogP contribution in [0.25, 0.3) is 0 Å². The highest BCUT2D eigenvalue weighted by atomic mass is 79.9. The Balaban J connectivity index is 4.33. The fraction of sp³-hybridized carbons (Fsp3) is 0.400. The molecule has 0 fully saturated rings. The van der Waals surface area contributed by atoms with Crippen LogP contribution in [0.15, 0.2) is 34.6 Å². The van der Waals surface area contributed by atoms with Crippen molar-refractivity contribution in [3.05, 3.63) is 34.6 Å². The van der Waals surface area contributed by atoms with Gasteiger partial charge in [0, 0.05) is 12.2 Å². The molecule has 74 valence electrons. The summed E-state index contributed by atoms with van der Waals surface area (Å²) in [6.07, 6.45) is 4.81. The maximum atomic E-state index is 5.45. The molecule has 0 amide bonds. The molecule has 3 heteroatoms. The molecule has 0 aromatic rings. The molecule has 0 saturated heterocycles. The molecule has 2 nitrogen and oxygen atoms in total. The smallest absolute Gasteiger partial charge is 0.0754 e. The Morgan fingerprint density at radius 2 is 2.15 bits per heavy atom. The molecule has 0 aliphatic carbocycles. The van der Waals surface area contributed by atoms with E-state index in [0.717, 1.165) is 24.2 Å². The molecular weight excluding hydrogens is 228 g/mol. The van der Waals surface area contributed by atoms with Gasteiger partial charge in [0.1, 0.15) is 0 Å². The third kappa shape index (κ3) is 6.46. The fourth-order valence-electron chi connectivity index (χ4n) is 0.775. The zero-order valence-electron chi connectivity index (χ0n) is 8.23. The van der Waals surface area contributed by atoms with Crippen LogP contribution in [0.4, 0.5) is 0 Å². The number of nitrogens with one attached hydrogen (secondary N) is 1. The van der Waals surface area contributed by atoms with Crippen LogP contribution >= 0.6 is 15.9 Å². The van der Waals surface area contributed by atoms with E-state index in [2.05, 4.69) is 34.7 Å². The third-order valence-electron chi connectivity index (χ3n) is 1.43. The summed E-state index contributed by atoms with van der Waals surface area (Å²) in [5, 5.41) is 3.26. The van der Waals surface area contributed by atoms with Crippen molar-refractivity contribution in [2.24, 2.45) is 5.73 Å². The summed E-state index contributed by atoms with van der Waals surface area (Å²) in [6.45, 7) is 8.91. The van der Waals surface area contributed by atoms with Gasteiger partial charge in [-0.05, 0) is 47.0 Å². The molecule has 0 spiro atoms. The van der Waals surface area contributed by atoms with Gasteiger partial charge in [-0.15, -0.1) is 0 Å². The molecule has 0 aromatic heterocycles. The van der Waals surface area contributed by atoms with Crippen molar-refractivity contribution < 1.29 is 0 Å². The maximum Gasteiger partial charge on any atom is 0.0754 e. The first-order chi connectivity index (χ1) is 6.07. The van der Waals surface area contributed by atoms with E-state index in [0.29, 0.717) is 4.61 Å². The summed E-state index contributed by atoms with van der Waals surface area (Å²) < 4.78 is 0.615. The number of nitrogens with two attached hydrogens (primary N) is 1. The minimum atomic E-state index is 0.615. The van der Waals surface area contributed by atoms with Crippen LogP contribution in [0.3, 0.4) is 0 Å². The Labute approximate surface area is 88.7 Å². The number of rotatable bonds is 5. The van der Waals surface area contributed by atoms with Crippen LogP contribution < -0.4 is 11.1 Å². The SMILES string of the molecule is C=C(C)/C(=C\C=C(/N)Br)NCCC. The zero-order chi connectivity index (χ0) is 10.3. The Hall–Kier alpha value is -0.700. The van der Waals surface area contributed by atoms with Gasteiger partial charge in [0.2, 0.25) is 0 Å². The Bertz CT molecular complexity index is 225. The predicted molar refractivity (Wildman–Crippen MR) is 62.4 cm³/mol. The van der Waals surface area contributed by atoms with Crippen LogP contribution in [-0.2, 0) is 0 Å². The second-order valence-electron chi connectivity index (χ2n) is 2.84. The molecule has 0 radical (unpaired) electrons. The summed E-state index contributed by atoms with van der Waals surface area (Å²) in [5.41, 5.74) is 7.49. The van der Waals surface area contributed by atoms with E-state index in [-0.39, 0.29) is 0 Å². The quantitative estimate of drug-likeness (QED) is 0.577. The van der Waals surface area contributed by atoms with Gasteiger partial charge in [-0.3, -0.25) is 0 Å². The maximum absolute atomic E-state index is 5.45. The minimum Gasteiger partial charge on any atom is -0.393 e. The van der Waals surface area contributed by atoms with Gasteiger partial charge in [-0.2, -0.15) is 0 Å². The normalized spacial score (nSPS) is 12.8. The van der Waals surface area contributed by atoms with Crippen molar-refractivity contribution >= 4 is 15.9 Å². The first-order valence-electron chi connectivity index (χ1n) is 4.30. The Morgan fingerprint density at radius 3 is 2.54 bits per heavy atom. The molecule has 0 aliphatic rings. The fourth-order valence-corrected chi connectivity index (χ4v) is 0.907. The molecule has 3 N–H and O–H groups in total. The average Bonchev–Trinajstić information content (AvgIpc) is 2.03. The summed E-state index contributed by atoms with van der Waals surface area (Å²) >= 11 is 3.16. The lowest BCUT2D eigenvalue weighted by Gasteiger charge is -2.08. The van der Waals surface area contributed by atoms with E-state index in [1.165, 1.54) is 0 Å². The van der Waals surface area contributed by atoms with Gasteiger partial charge in [0.15, 0.2) is 0 Å². The lowest BCUT2D eigenvalue weighted by atomic mass is 10.2. The summed E-state index contributed by atoms with van der Waals surface area (Å²) in [4.78, 5) is 0. The van der Waals surface area contributed by atoms with Gasteiger partial charge < -0.3 is 11.1 Å². The second kappa shape index (κ2) is 6.78. The number of hydrogen-bond acceptors (Lipinski definition) is 2. The van der Waals surface area contributed by atoms with E-state index in [9.17, 15) is 0 Å². The zero-order valence-corrected chi connectivity index (χ0v) is 9.82. The van der Waals surface area contributed by atoms with Crippen molar-refractivity contribution in [3.8, 4) is 0 Å². The first-order valence-corrected chi connectivity index (χ1v) is 5.10. The standard InChI is InChI=1S/C10H17BrN2/c1-4-7-13-9(8(2)3)5-6-10(11)12/h5-6,13H,2,4,7,12H2,1,3H3/b9-5+,10-6-. The number of hydrogen-bond donors (Lipinski definition) is 2. The number of halogens is 1. The van der Waals surface area contributed by atoms with Crippen LogP contribution in [0.1, 0.15) is 20.3 Å². The molecule has 13 heavy (non-hydrogen) atoms. The number of allylic oxidation sites excluding steroid dienone is 3. The molecule has 0 rings (SSSR count). The Kier molecular flexibility index (Phi) is 6.41. The lowest BCUT2D eigenvalue weighted by Crippen LogP contribution is -2.14. The summed E-state index contributed by atoms with van der Waals surface area (Å²) in [7, 11) is 0. The third-order valence-corrected chi connectivity index (χ3v) is 1.70. The predicted octanol–water partition coefficient (Wildman–Crippen LogP) is 2.64. The molecule has 0 heterocycles. The van der Waals surface area contributed by atoms with Crippen molar-refractivity contribution in [3.63, 3.8) is 0 Å².